The van der Waals surface area contributed by atoms with Crippen molar-refractivity contribution in [1.82, 2.24) is 20.1 Å². The molecule has 0 saturated carbocycles. The number of ether oxygens (including phenoxy) is 2. The normalized spacial score (nSPS) is 17.3. The second-order valence-electron chi connectivity index (χ2n) is 13.6. The standard InChI is InChI=1S/C34H51N5O4/c1-8-27-26(13-10-16-29(27)37-20-22-38(23-21-37)31(40)42-33(2,3)4)24-39(32(41)43-34(5,6)7)19-18-35-28-15-9-12-25-14-11-17-36-30(25)28/h10-11,13-14,16-17,28,35H,8-9,12,15,18-24H2,1-7H3/t28-/m0/s1. The van der Waals surface area contributed by atoms with E-state index < -0.39 is 11.2 Å². The number of pyridine rings is 1. The highest BCUT2D eigenvalue weighted by atomic mass is 16.6. The van der Waals surface area contributed by atoms with Crippen LogP contribution in [0.15, 0.2) is 36.5 Å². The number of anilines is 1. The molecule has 1 saturated heterocycles. The summed E-state index contributed by atoms with van der Waals surface area (Å²) in [6.45, 7) is 17.9. The molecular formula is C34H51N5O4. The van der Waals surface area contributed by atoms with Crippen LogP contribution >= 0.6 is 0 Å². The summed E-state index contributed by atoms with van der Waals surface area (Å²) in [5.74, 6) is 0. The average Bonchev–Trinajstić information content (AvgIpc) is 2.95. The van der Waals surface area contributed by atoms with E-state index in [1.807, 2.05) is 58.7 Å². The summed E-state index contributed by atoms with van der Waals surface area (Å²) in [5.41, 5.74) is 4.85. The molecule has 2 amide bonds. The van der Waals surface area contributed by atoms with E-state index in [-0.39, 0.29) is 18.2 Å². The van der Waals surface area contributed by atoms with Gasteiger partial charge in [-0.3, -0.25) is 4.98 Å². The van der Waals surface area contributed by atoms with Gasteiger partial charge in [0, 0.05) is 63.7 Å². The number of carbonyl (C=O) groups is 2. The molecule has 0 unspecified atom stereocenters. The van der Waals surface area contributed by atoms with Gasteiger partial charge in [-0.2, -0.15) is 0 Å². The van der Waals surface area contributed by atoms with Crippen LogP contribution in [0, 0.1) is 0 Å². The van der Waals surface area contributed by atoms with Gasteiger partial charge in [0.2, 0.25) is 0 Å². The molecule has 1 fully saturated rings. The monoisotopic (exact) mass is 593 g/mol. The van der Waals surface area contributed by atoms with Crippen LogP contribution in [0.4, 0.5) is 15.3 Å². The molecule has 1 aromatic heterocycles. The van der Waals surface area contributed by atoms with Crippen LogP contribution in [0.2, 0.25) is 0 Å². The van der Waals surface area contributed by atoms with Crippen molar-refractivity contribution >= 4 is 17.9 Å². The maximum absolute atomic E-state index is 13.4. The van der Waals surface area contributed by atoms with E-state index in [1.165, 1.54) is 11.1 Å². The number of nitrogens with one attached hydrogen (secondary N) is 1. The number of carbonyl (C=O) groups excluding carboxylic acids is 2. The lowest BCUT2D eigenvalue weighted by Crippen LogP contribution is -2.50. The number of rotatable bonds is 8. The van der Waals surface area contributed by atoms with Gasteiger partial charge in [0.25, 0.3) is 0 Å². The first-order chi connectivity index (χ1) is 20.3. The summed E-state index contributed by atoms with van der Waals surface area (Å²) in [7, 11) is 0. The molecule has 0 bridgehead atoms. The molecule has 1 atom stereocenters. The fourth-order valence-electron chi connectivity index (χ4n) is 5.88. The zero-order valence-electron chi connectivity index (χ0n) is 27.2. The number of hydrogen-bond donors (Lipinski definition) is 1. The average molecular weight is 594 g/mol. The lowest BCUT2D eigenvalue weighted by atomic mass is 9.92. The summed E-state index contributed by atoms with van der Waals surface area (Å²) < 4.78 is 11.4. The first-order valence-corrected chi connectivity index (χ1v) is 15.8. The Bertz CT molecular complexity index is 1240. The maximum Gasteiger partial charge on any atom is 0.410 e. The third kappa shape index (κ3) is 9.08. The Labute approximate surface area is 257 Å². The number of amides is 2. The summed E-state index contributed by atoms with van der Waals surface area (Å²) in [5, 5.41) is 3.67. The van der Waals surface area contributed by atoms with Crippen molar-refractivity contribution in [3.63, 3.8) is 0 Å². The highest BCUT2D eigenvalue weighted by Gasteiger charge is 2.28. The molecule has 0 radical (unpaired) electrons. The highest BCUT2D eigenvalue weighted by molar-refractivity contribution is 5.70. The quantitative estimate of drug-likeness (QED) is 0.395. The zero-order chi connectivity index (χ0) is 31.2. The van der Waals surface area contributed by atoms with E-state index in [9.17, 15) is 9.59 Å². The van der Waals surface area contributed by atoms with Gasteiger partial charge in [-0.1, -0.05) is 25.1 Å². The molecule has 2 heterocycles. The topological polar surface area (TPSA) is 87.2 Å². The molecule has 0 spiro atoms. The lowest BCUT2D eigenvalue weighted by Gasteiger charge is -2.38. The Morgan fingerprint density at radius 1 is 1.00 bits per heavy atom. The fourth-order valence-corrected chi connectivity index (χ4v) is 5.88. The van der Waals surface area contributed by atoms with Crippen LogP contribution in [0.25, 0.3) is 0 Å². The Morgan fingerprint density at radius 3 is 2.40 bits per heavy atom. The Kier molecular flexibility index (Phi) is 10.6. The summed E-state index contributed by atoms with van der Waals surface area (Å²) >= 11 is 0. The van der Waals surface area contributed by atoms with Crippen LogP contribution in [0.1, 0.15) is 89.7 Å². The van der Waals surface area contributed by atoms with E-state index in [0.717, 1.165) is 55.7 Å². The minimum Gasteiger partial charge on any atom is -0.444 e. The van der Waals surface area contributed by atoms with Crippen LogP contribution < -0.4 is 10.2 Å². The van der Waals surface area contributed by atoms with Gasteiger partial charge in [0.05, 0.1) is 5.69 Å². The third-order valence-electron chi connectivity index (χ3n) is 7.85. The molecule has 43 heavy (non-hydrogen) atoms. The van der Waals surface area contributed by atoms with Gasteiger partial charge >= 0.3 is 12.2 Å². The highest BCUT2D eigenvalue weighted by Crippen LogP contribution is 2.29. The SMILES string of the molecule is CCc1c(CN(CCN[C@H]2CCCc3cccnc32)C(=O)OC(C)(C)C)cccc1N1CCN(C(=O)OC(C)(C)C)CC1. The van der Waals surface area contributed by atoms with Crippen molar-refractivity contribution < 1.29 is 19.1 Å². The molecule has 9 nitrogen and oxygen atoms in total. The Morgan fingerprint density at radius 2 is 1.72 bits per heavy atom. The molecule has 2 aromatic rings. The van der Waals surface area contributed by atoms with Gasteiger partial charge < -0.3 is 29.5 Å². The van der Waals surface area contributed by atoms with E-state index in [4.69, 9.17) is 9.47 Å². The number of aromatic nitrogens is 1. The first-order valence-electron chi connectivity index (χ1n) is 15.8. The second-order valence-corrected chi connectivity index (χ2v) is 13.6. The second kappa shape index (κ2) is 14.0. The molecule has 1 N–H and O–H groups in total. The molecule has 1 aromatic carbocycles. The van der Waals surface area contributed by atoms with E-state index >= 15 is 0 Å². The van der Waals surface area contributed by atoms with Crippen molar-refractivity contribution in [1.29, 1.82) is 0 Å². The number of hydrogen-bond acceptors (Lipinski definition) is 7. The van der Waals surface area contributed by atoms with E-state index in [1.54, 1.807) is 4.90 Å². The summed E-state index contributed by atoms with van der Waals surface area (Å²) in [6, 6.07) is 10.7. The first kappa shape index (κ1) is 32.6. The van der Waals surface area contributed by atoms with Gasteiger partial charge in [0.1, 0.15) is 11.2 Å². The molecule has 2 aliphatic rings. The Hall–Kier alpha value is -3.33. The minimum atomic E-state index is -0.585. The van der Waals surface area contributed by atoms with E-state index in [2.05, 4.69) is 46.4 Å². The van der Waals surface area contributed by atoms with Crippen LogP contribution in [-0.4, -0.2) is 77.4 Å². The largest absolute Gasteiger partial charge is 0.444 e. The number of piperazine rings is 1. The predicted molar refractivity (Wildman–Crippen MR) is 170 cm³/mol. The van der Waals surface area contributed by atoms with Gasteiger partial charge in [-0.25, -0.2) is 9.59 Å². The molecular weight excluding hydrogens is 542 g/mol. The lowest BCUT2D eigenvalue weighted by molar-refractivity contribution is 0.0227. The number of benzene rings is 1. The van der Waals surface area contributed by atoms with Gasteiger partial charge in [0.15, 0.2) is 0 Å². The van der Waals surface area contributed by atoms with E-state index in [0.29, 0.717) is 32.7 Å². The molecule has 9 heteroatoms. The molecule has 4 rings (SSSR count). The van der Waals surface area contributed by atoms with Crippen molar-refractivity contribution in [2.24, 2.45) is 0 Å². The Balaban J connectivity index is 1.46. The molecule has 236 valence electrons. The number of aryl methyl sites for hydroxylation is 1. The van der Waals surface area contributed by atoms with Crippen molar-refractivity contribution in [3.05, 3.63) is 58.9 Å². The van der Waals surface area contributed by atoms with Crippen molar-refractivity contribution in [2.75, 3.05) is 44.2 Å². The summed E-state index contributed by atoms with van der Waals surface area (Å²) in [4.78, 5) is 36.6. The third-order valence-corrected chi connectivity index (χ3v) is 7.85. The zero-order valence-corrected chi connectivity index (χ0v) is 27.2. The van der Waals surface area contributed by atoms with Gasteiger partial charge in [-0.15, -0.1) is 0 Å². The van der Waals surface area contributed by atoms with Gasteiger partial charge in [-0.05, 0) is 96.0 Å². The predicted octanol–water partition coefficient (Wildman–Crippen LogP) is 6.11. The molecule has 1 aliphatic heterocycles. The van der Waals surface area contributed by atoms with Crippen LogP contribution in [0.5, 0.6) is 0 Å². The van der Waals surface area contributed by atoms with Crippen LogP contribution in [-0.2, 0) is 28.9 Å². The number of nitrogens with zero attached hydrogens (tertiary/aromatic N) is 4. The number of fused-ring (bicyclic) bond motifs is 1. The minimum absolute atomic E-state index is 0.194. The van der Waals surface area contributed by atoms with Crippen LogP contribution in [0.3, 0.4) is 0 Å². The fraction of sp³-hybridized carbons (Fsp3) is 0.618. The summed E-state index contributed by atoms with van der Waals surface area (Å²) in [6.07, 6.45) is 5.37. The van der Waals surface area contributed by atoms with Crippen molar-refractivity contribution in [3.8, 4) is 0 Å². The smallest absolute Gasteiger partial charge is 0.410 e. The maximum atomic E-state index is 13.4. The molecule has 1 aliphatic carbocycles. The van der Waals surface area contributed by atoms with Crippen molar-refractivity contribution in [2.45, 2.75) is 97.9 Å².